The standard InChI is InChI=1S/C21H29NO3S/c1-2-3-4-5-6-7-8-13-20(23)22-18(21(24)25)14-16-15-26-19-12-10-9-11-17(16)19/h9-12,15,18H,2-8,13-14H2,1H3,(H,22,23)(H,24,25)/t18-/m0/s1. The zero-order valence-corrected chi connectivity index (χ0v) is 16.3. The molecule has 0 unspecified atom stereocenters. The highest BCUT2D eigenvalue weighted by Gasteiger charge is 2.21. The lowest BCUT2D eigenvalue weighted by Crippen LogP contribution is -2.42. The lowest BCUT2D eigenvalue weighted by molar-refractivity contribution is -0.141. The van der Waals surface area contributed by atoms with Gasteiger partial charge in [-0.15, -0.1) is 11.3 Å². The van der Waals surface area contributed by atoms with Crippen LogP contribution in [0.15, 0.2) is 29.6 Å². The van der Waals surface area contributed by atoms with Crippen molar-refractivity contribution in [2.45, 2.75) is 70.8 Å². The third kappa shape index (κ3) is 6.45. The number of aliphatic carboxylic acids is 1. The topological polar surface area (TPSA) is 66.4 Å². The lowest BCUT2D eigenvalue weighted by Gasteiger charge is -2.14. The molecule has 4 nitrogen and oxygen atoms in total. The van der Waals surface area contributed by atoms with Crippen LogP contribution in [0.3, 0.4) is 0 Å². The molecule has 1 aromatic carbocycles. The van der Waals surface area contributed by atoms with Gasteiger partial charge in [0.05, 0.1) is 0 Å². The second kappa shape index (κ2) is 11.0. The van der Waals surface area contributed by atoms with E-state index in [0.29, 0.717) is 12.8 Å². The van der Waals surface area contributed by atoms with Gasteiger partial charge in [0, 0.05) is 17.5 Å². The van der Waals surface area contributed by atoms with Crippen LogP contribution in [0.25, 0.3) is 10.1 Å². The maximum atomic E-state index is 12.1. The monoisotopic (exact) mass is 375 g/mol. The molecule has 2 rings (SSSR count). The first-order chi connectivity index (χ1) is 12.6. The molecule has 0 saturated heterocycles. The minimum absolute atomic E-state index is 0.162. The summed E-state index contributed by atoms with van der Waals surface area (Å²) in [5.41, 5.74) is 0.981. The molecule has 1 amide bonds. The molecule has 0 aliphatic heterocycles. The number of thiophene rings is 1. The second-order valence-corrected chi connectivity index (χ2v) is 7.70. The van der Waals surface area contributed by atoms with Gasteiger partial charge in [0.2, 0.25) is 5.91 Å². The van der Waals surface area contributed by atoms with Gasteiger partial charge in [-0.2, -0.15) is 0 Å². The number of fused-ring (bicyclic) bond motifs is 1. The average molecular weight is 376 g/mol. The van der Waals surface area contributed by atoms with Crippen LogP contribution in [0.2, 0.25) is 0 Å². The van der Waals surface area contributed by atoms with Crippen molar-refractivity contribution < 1.29 is 14.7 Å². The Morgan fingerprint density at radius 2 is 1.77 bits per heavy atom. The van der Waals surface area contributed by atoms with Gasteiger partial charge >= 0.3 is 5.97 Å². The van der Waals surface area contributed by atoms with E-state index in [-0.39, 0.29) is 5.91 Å². The molecule has 0 bridgehead atoms. The number of rotatable bonds is 12. The smallest absolute Gasteiger partial charge is 0.326 e. The predicted octanol–water partition coefficient (Wildman–Crippen LogP) is 5.15. The van der Waals surface area contributed by atoms with Gasteiger partial charge in [0.15, 0.2) is 0 Å². The summed E-state index contributed by atoms with van der Waals surface area (Å²) in [4.78, 5) is 23.7. The number of benzene rings is 1. The fraction of sp³-hybridized carbons (Fsp3) is 0.524. The first-order valence-corrected chi connectivity index (χ1v) is 10.5. The number of carboxylic acids is 1. The van der Waals surface area contributed by atoms with Crippen LogP contribution < -0.4 is 5.32 Å². The number of carboxylic acid groups (broad SMARTS) is 1. The third-order valence-corrected chi connectivity index (χ3v) is 5.64. The Bertz CT molecular complexity index is 710. The van der Waals surface area contributed by atoms with Crippen LogP contribution in [-0.2, 0) is 16.0 Å². The Balaban J connectivity index is 1.79. The van der Waals surface area contributed by atoms with Gasteiger partial charge in [0.25, 0.3) is 0 Å². The summed E-state index contributed by atoms with van der Waals surface area (Å²) in [5.74, 6) is -1.14. The Labute approximate surface area is 159 Å². The van der Waals surface area contributed by atoms with E-state index in [1.807, 2.05) is 29.6 Å². The Hall–Kier alpha value is -1.88. The van der Waals surface area contributed by atoms with E-state index in [4.69, 9.17) is 0 Å². The van der Waals surface area contributed by atoms with Crippen LogP contribution in [0.4, 0.5) is 0 Å². The number of hydrogen-bond acceptors (Lipinski definition) is 3. The summed E-state index contributed by atoms with van der Waals surface area (Å²) >= 11 is 1.61. The van der Waals surface area contributed by atoms with Gasteiger partial charge in [-0.25, -0.2) is 4.79 Å². The maximum absolute atomic E-state index is 12.1. The van der Waals surface area contributed by atoms with E-state index in [1.54, 1.807) is 11.3 Å². The second-order valence-electron chi connectivity index (χ2n) is 6.79. The third-order valence-electron chi connectivity index (χ3n) is 4.63. The molecule has 0 aliphatic carbocycles. The van der Waals surface area contributed by atoms with Crippen molar-refractivity contribution >= 4 is 33.3 Å². The SMILES string of the molecule is CCCCCCCCCC(=O)N[C@@H](Cc1csc2ccccc12)C(=O)O. The summed E-state index contributed by atoms with van der Waals surface area (Å²) in [5, 5.41) is 15.2. The molecule has 0 saturated carbocycles. The van der Waals surface area contributed by atoms with E-state index < -0.39 is 12.0 Å². The van der Waals surface area contributed by atoms with Gasteiger partial charge in [0.1, 0.15) is 6.04 Å². The van der Waals surface area contributed by atoms with Crippen LogP contribution >= 0.6 is 11.3 Å². The number of amides is 1. The summed E-state index contributed by atoms with van der Waals surface area (Å²) < 4.78 is 1.14. The number of hydrogen-bond donors (Lipinski definition) is 2. The van der Waals surface area contributed by atoms with Crippen molar-refractivity contribution in [3.63, 3.8) is 0 Å². The molecular formula is C21H29NO3S. The van der Waals surface area contributed by atoms with Gasteiger partial charge in [-0.3, -0.25) is 4.79 Å². The minimum Gasteiger partial charge on any atom is -0.480 e. The quantitative estimate of drug-likeness (QED) is 0.504. The van der Waals surface area contributed by atoms with Crippen LogP contribution in [0, 0.1) is 0 Å². The van der Waals surface area contributed by atoms with E-state index >= 15 is 0 Å². The highest BCUT2D eigenvalue weighted by atomic mass is 32.1. The zero-order chi connectivity index (χ0) is 18.8. The molecule has 2 N–H and O–H groups in total. The Morgan fingerprint density at radius 1 is 1.08 bits per heavy atom. The Kier molecular flexibility index (Phi) is 8.62. The highest BCUT2D eigenvalue weighted by molar-refractivity contribution is 7.17. The number of carbonyl (C=O) groups is 2. The van der Waals surface area contributed by atoms with Crippen molar-refractivity contribution in [3.8, 4) is 0 Å². The van der Waals surface area contributed by atoms with Crippen molar-refractivity contribution in [1.82, 2.24) is 5.32 Å². The van der Waals surface area contributed by atoms with Crippen molar-refractivity contribution in [2.24, 2.45) is 0 Å². The molecule has 26 heavy (non-hydrogen) atoms. The van der Waals surface area contributed by atoms with Crippen LogP contribution in [0.5, 0.6) is 0 Å². The summed E-state index contributed by atoms with van der Waals surface area (Å²) in [6, 6.07) is 7.08. The molecule has 2 aromatic rings. The van der Waals surface area contributed by atoms with Crippen molar-refractivity contribution in [2.75, 3.05) is 0 Å². The van der Waals surface area contributed by atoms with Crippen LogP contribution in [-0.4, -0.2) is 23.0 Å². The molecule has 1 heterocycles. The summed E-state index contributed by atoms with van der Waals surface area (Å²) in [6.07, 6.45) is 8.73. The predicted molar refractivity (Wildman–Crippen MR) is 108 cm³/mol. The zero-order valence-electron chi connectivity index (χ0n) is 15.5. The van der Waals surface area contributed by atoms with Crippen molar-refractivity contribution in [1.29, 1.82) is 0 Å². The van der Waals surface area contributed by atoms with E-state index in [2.05, 4.69) is 12.2 Å². The minimum atomic E-state index is -0.979. The summed E-state index contributed by atoms with van der Waals surface area (Å²) in [7, 11) is 0. The van der Waals surface area contributed by atoms with Gasteiger partial charge < -0.3 is 10.4 Å². The maximum Gasteiger partial charge on any atom is 0.326 e. The molecule has 1 aromatic heterocycles. The molecule has 0 radical (unpaired) electrons. The lowest BCUT2D eigenvalue weighted by atomic mass is 10.0. The highest BCUT2D eigenvalue weighted by Crippen LogP contribution is 2.26. The summed E-state index contributed by atoms with van der Waals surface area (Å²) in [6.45, 7) is 2.20. The normalized spacial score (nSPS) is 12.2. The fourth-order valence-corrected chi connectivity index (χ4v) is 4.10. The van der Waals surface area contributed by atoms with E-state index in [0.717, 1.165) is 34.9 Å². The molecular weight excluding hydrogens is 346 g/mol. The fourth-order valence-electron chi connectivity index (χ4n) is 3.12. The number of unbranched alkanes of at least 4 members (excludes halogenated alkanes) is 6. The van der Waals surface area contributed by atoms with Crippen molar-refractivity contribution in [3.05, 3.63) is 35.2 Å². The first kappa shape index (κ1) is 20.4. The largest absolute Gasteiger partial charge is 0.480 e. The molecule has 0 spiro atoms. The average Bonchev–Trinajstić information content (AvgIpc) is 3.03. The first-order valence-electron chi connectivity index (χ1n) is 9.59. The molecule has 0 aliphatic rings. The molecule has 1 atom stereocenters. The molecule has 5 heteroatoms. The Morgan fingerprint density at radius 3 is 2.50 bits per heavy atom. The number of carbonyl (C=O) groups excluding carboxylic acids is 1. The van der Waals surface area contributed by atoms with Crippen LogP contribution in [0.1, 0.15) is 63.9 Å². The van der Waals surface area contributed by atoms with E-state index in [1.165, 1.54) is 25.7 Å². The van der Waals surface area contributed by atoms with E-state index in [9.17, 15) is 14.7 Å². The van der Waals surface area contributed by atoms with Gasteiger partial charge in [-0.05, 0) is 28.8 Å². The number of nitrogens with one attached hydrogen (secondary N) is 1. The molecule has 142 valence electrons. The van der Waals surface area contributed by atoms with Gasteiger partial charge in [-0.1, -0.05) is 63.6 Å². The molecule has 0 fully saturated rings.